The SMILES string of the molecule is CCOC(=O)CN1C(=O)C(Br)=C(C)CC1c1ccccc1. The maximum absolute atomic E-state index is 12.5. The third kappa shape index (κ3) is 3.53. The van der Waals surface area contributed by atoms with Crippen molar-refractivity contribution in [3.8, 4) is 0 Å². The Labute approximate surface area is 132 Å². The third-order valence-electron chi connectivity index (χ3n) is 3.49. The van der Waals surface area contributed by atoms with Crippen molar-refractivity contribution < 1.29 is 14.3 Å². The van der Waals surface area contributed by atoms with E-state index in [1.54, 1.807) is 11.8 Å². The quantitative estimate of drug-likeness (QED) is 0.782. The molecule has 5 heteroatoms. The summed E-state index contributed by atoms with van der Waals surface area (Å²) in [6.07, 6.45) is 0.704. The van der Waals surface area contributed by atoms with E-state index in [2.05, 4.69) is 15.9 Å². The topological polar surface area (TPSA) is 46.6 Å². The summed E-state index contributed by atoms with van der Waals surface area (Å²) >= 11 is 3.32. The van der Waals surface area contributed by atoms with Crippen LogP contribution in [0.25, 0.3) is 0 Å². The second-order valence-electron chi connectivity index (χ2n) is 4.96. The standard InChI is InChI=1S/C16H18BrNO3/c1-3-21-14(19)10-18-13(12-7-5-4-6-8-12)9-11(2)15(17)16(18)20/h4-8,13H,3,9-10H2,1-2H3. The Morgan fingerprint density at radius 3 is 2.67 bits per heavy atom. The van der Waals surface area contributed by atoms with Crippen molar-refractivity contribution in [3.63, 3.8) is 0 Å². The number of carbonyl (C=O) groups is 2. The Kier molecular flexibility index (Phi) is 5.17. The average Bonchev–Trinajstić information content (AvgIpc) is 2.49. The van der Waals surface area contributed by atoms with E-state index < -0.39 is 0 Å². The molecule has 21 heavy (non-hydrogen) atoms. The van der Waals surface area contributed by atoms with Crippen molar-refractivity contribution in [2.24, 2.45) is 0 Å². The smallest absolute Gasteiger partial charge is 0.325 e. The molecule has 0 saturated heterocycles. The number of rotatable bonds is 4. The average molecular weight is 352 g/mol. The van der Waals surface area contributed by atoms with Gasteiger partial charge in [0.15, 0.2) is 0 Å². The lowest BCUT2D eigenvalue weighted by Crippen LogP contribution is -2.42. The molecule has 0 radical (unpaired) electrons. The number of halogens is 1. The molecule has 1 atom stereocenters. The molecule has 1 heterocycles. The van der Waals surface area contributed by atoms with Gasteiger partial charge >= 0.3 is 5.97 Å². The van der Waals surface area contributed by atoms with Gasteiger partial charge in [0.1, 0.15) is 6.54 Å². The number of carbonyl (C=O) groups excluding carboxylic acids is 2. The van der Waals surface area contributed by atoms with Crippen molar-refractivity contribution in [1.29, 1.82) is 0 Å². The van der Waals surface area contributed by atoms with E-state index in [-0.39, 0.29) is 24.5 Å². The van der Waals surface area contributed by atoms with E-state index >= 15 is 0 Å². The number of nitrogens with zero attached hydrogens (tertiary/aromatic N) is 1. The second-order valence-corrected chi connectivity index (χ2v) is 5.76. The molecule has 2 rings (SSSR count). The largest absolute Gasteiger partial charge is 0.465 e. The van der Waals surface area contributed by atoms with Crippen LogP contribution in [-0.4, -0.2) is 29.9 Å². The van der Waals surface area contributed by atoms with Crippen LogP contribution in [0, 0.1) is 0 Å². The van der Waals surface area contributed by atoms with Crippen LogP contribution in [0.2, 0.25) is 0 Å². The van der Waals surface area contributed by atoms with Gasteiger partial charge in [-0.1, -0.05) is 35.9 Å². The lowest BCUT2D eigenvalue weighted by molar-refractivity contribution is -0.149. The minimum Gasteiger partial charge on any atom is -0.465 e. The molecule has 0 N–H and O–H groups in total. The lowest BCUT2D eigenvalue weighted by atomic mass is 9.94. The van der Waals surface area contributed by atoms with Crippen LogP contribution in [0.1, 0.15) is 31.9 Å². The molecule has 1 aromatic rings. The molecule has 1 aliphatic heterocycles. The first-order valence-corrected chi connectivity index (χ1v) is 7.70. The summed E-state index contributed by atoms with van der Waals surface area (Å²) < 4.78 is 5.52. The van der Waals surface area contributed by atoms with Gasteiger partial charge in [-0.3, -0.25) is 9.59 Å². The van der Waals surface area contributed by atoms with Gasteiger partial charge in [-0.2, -0.15) is 0 Å². The summed E-state index contributed by atoms with van der Waals surface area (Å²) in [6, 6.07) is 9.62. The molecular weight excluding hydrogens is 334 g/mol. The summed E-state index contributed by atoms with van der Waals surface area (Å²) in [5.41, 5.74) is 2.02. The second kappa shape index (κ2) is 6.89. The van der Waals surface area contributed by atoms with E-state index in [1.165, 1.54) is 0 Å². The van der Waals surface area contributed by atoms with E-state index in [1.807, 2.05) is 37.3 Å². The minimum atomic E-state index is -0.383. The van der Waals surface area contributed by atoms with Crippen LogP contribution in [0.5, 0.6) is 0 Å². The van der Waals surface area contributed by atoms with E-state index in [0.717, 1.165) is 11.1 Å². The van der Waals surface area contributed by atoms with Crippen LogP contribution in [0.15, 0.2) is 40.4 Å². The first-order valence-electron chi connectivity index (χ1n) is 6.91. The Morgan fingerprint density at radius 1 is 1.38 bits per heavy atom. The maximum Gasteiger partial charge on any atom is 0.325 e. The van der Waals surface area contributed by atoms with Gasteiger partial charge < -0.3 is 9.64 Å². The van der Waals surface area contributed by atoms with Gasteiger partial charge in [-0.25, -0.2) is 0 Å². The zero-order chi connectivity index (χ0) is 15.4. The van der Waals surface area contributed by atoms with Gasteiger partial charge in [-0.15, -0.1) is 0 Å². The summed E-state index contributed by atoms with van der Waals surface area (Å²) in [6.45, 7) is 3.96. The Bertz CT molecular complexity index is 568. The summed E-state index contributed by atoms with van der Waals surface area (Å²) in [4.78, 5) is 25.8. The zero-order valence-corrected chi connectivity index (χ0v) is 13.7. The third-order valence-corrected chi connectivity index (χ3v) is 4.50. The normalized spacial score (nSPS) is 18.9. The predicted molar refractivity (Wildman–Crippen MR) is 83.8 cm³/mol. The fourth-order valence-electron chi connectivity index (χ4n) is 2.44. The number of esters is 1. The van der Waals surface area contributed by atoms with Crippen molar-refractivity contribution >= 4 is 27.8 Å². The van der Waals surface area contributed by atoms with E-state index in [0.29, 0.717) is 17.5 Å². The molecule has 1 aromatic carbocycles. The first kappa shape index (κ1) is 15.8. The molecule has 1 unspecified atom stereocenters. The zero-order valence-electron chi connectivity index (χ0n) is 12.1. The summed E-state index contributed by atoms with van der Waals surface area (Å²) in [5.74, 6) is -0.549. The van der Waals surface area contributed by atoms with Gasteiger partial charge in [0, 0.05) is 0 Å². The highest BCUT2D eigenvalue weighted by molar-refractivity contribution is 9.12. The van der Waals surface area contributed by atoms with Crippen LogP contribution < -0.4 is 0 Å². The first-order chi connectivity index (χ1) is 10.0. The van der Waals surface area contributed by atoms with E-state index in [4.69, 9.17) is 4.74 Å². The van der Waals surface area contributed by atoms with Crippen LogP contribution in [0.3, 0.4) is 0 Å². The van der Waals surface area contributed by atoms with Crippen LogP contribution in [0.4, 0.5) is 0 Å². The lowest BCUT2D eigenvalue weighted by Gasteiger charge is -2.35. The highest BCUT2D eigenvalue weighted by Crippen LogP contribution is 2.36. The highest BCUT2D eigenvalue weighted by Gasteiger charge is 2.34. The highest BCUT2D eigenvalue weighted by atomic mass is 79.9. The molecule has 1 amide bonds. The monoisotopic (exact) mass is 351 g/mol. The van der Waals surface area contributed by atoms with Crippen molar-refractivity contribution in [2.45, 2.75) is 26.3 Å². The fourth-order valence-corrected chi connectivity index (χ4v) is 2.83. The molecule has 0 spiro atoms. The fraction of sp³-hybridized carbons (Fsp3) is 0.375. The predicted octanol–water partition coefficient (Wildman–Crippen LogP) is 3.19. The number of hydrogen-bond donors (Lipinski definition) is 0. The molecular formula is C16H18BrNO3. The number of benzene rings is 1. The van der Waals surface area contributed by atoms with Crippen LogP contribution in [-0.2, 0) is 14.3 Å². The summed E-state index contributed by atoms with van der Waals surface area (Å²) in [7, 11) is 0. The molecule has 0 bridgehead atoms. The maximum atomic E-state index is 12.5. The Morgan fingerprint density at radius 2 is 2.05 bits per heavy atom. The molecule has 4 nitrogen and oxygen atoms in total. The van der Waals surface area contributed by atoms with Gasteiger partial charge in [0.05, 0.1) is 17.1 Å². The van der Waals surface area contributed by atoms with Crippen molar-refractivity contribution in [1.82, 2.24) is 4.90 Å². The number of hydrogen-bond acceptors (Lipinski definition) is 3. The van der Waals surface area contributed by atoms with Crippen molar-refractivity contribution in [2.75, 3.05) is 13.2 Å². The van der Waals surface area contributed by atoms with Gasteiger partial charge in [0.2, 0.25) is 0 Å². The molecule has 0 aromatic heterocycles. The number of ether oxygens (including phenoxy) is 1. The number of amides is 1. The molecule has 0 saturated carbocycles. The summed E-state index contributed by atoms with van der Waals surface area (Å²) in [5, 5.41) is 0. The van der Waals surface area contributed by atoms with Gasteiger partial charge in [-0.05, 0) is 41.8 Å². The van der Waals surface area contributed by atoms with Crippen molar-refractivity contribution in [3.05, 3.63) is 46.0 Å². The minimum absolute atomic E-state index is 0.0331. The molecule has 112 valence electrons. The molecule has 0 aliphatic carbocycles. The van der Waals surface area contributed by atoms with Crippen LogP contribution >= 0.6 is 15.9 Å². The molecule has 1 aliphatic rings. The Balaban J connectivity index is 2.31. The van der Waals surface area contributed by atoms with Gasteiger partial charge in [0.25, 0.3) is 5.91 Å². The van der Waals surface area contributed by atoms with E-state index in [9.17, 15) is 9.59 Å². The Hall–Kier alpha value is -1.62. The molecule has 0 fully saturated rings.